The molecular formula is C10H16N2OS2. The maximum Gasteiger partial charge on any atom is 0.185 e. The molecule has 0 radical (unpaired) electrons. The smallest absolute Gasteiger partial charge is 0.185 e. The van der Waals surface area contributed by atoms with Crippen LogP contribution < -0.4 is 4.90 Å². The van der Waals surface area contributed by atoms with Crippen molar-refractivity contribution in [1.29, 1.82) is 0 Å². The zero-order valence-corrected chi connectivity index (χ0v) is 11.0. The summed E-state index contributed by atoms with van der Waals surface area (Å²) >= 11 is 3.29. The number of carbonyl (C=O) groups excluding carboxylic acids is 1. The molecule has 0 bridgehead atoms. The number of carbonyl (C=O) groups is 1. The Morgan fingerprint density at radius 1 is 1.60 bits per heavy atom. The van der Waals surface area contributed by atoms with Crippen molar-refractivity contribution in [3.05, 3.63) is 10.6 Å². The number of nitrogens with zero attached hydrogens (tertiary/aromatic N) is 2. The molecule has 1 aromatic heterocycles. The summed E-state index contributed by atoms with van der Waals surface area (Å²) in [7, 11) is 2.02. The molecule has 5 heteroatoms. The summed E-state index contributed by atoms with van der Waals surface area (Å²) in [5.74, 6) is 1.08. The van der Waals surface area contributed by atoms with Crippen molar-refractivity contribution < 1.29 is 4.79 Å². The van der Waals surface area contributed by atoms with Gasteiger partial charge in [0.1, 0.15) is 0 Å². The Balaban J connectivity index is 2.76. The molecule has 0 N–H and O–H groups in total. The van der Waals surface area contributed by atoms with Gasteiger partial charge in [-0.1, -0.05) is 18.3 Å². The molecule has 0 amide bonds. The largest absolute Gasteiger partial charge is 0.350 e. The molecule has 0 fully saturated rings. The first-order chi connectivity index (χ1) is 7.22. The standard InChI is InChI=1S/C10H16N2OS2/c1-4-8-9(7-13)15-10(11-8)12(2)5-6-14-3/h7H,4-6H2,1-3H3. The first kappa shape index (κ1) is 12.5. The summed E-state index contributed by atoms with van der Waals surface area (Å²) in [6.07, 6.45) is 3.81. The molecule has 3 nitrogen and oxygen atoms in total. The molecule has 1 rings (SSSR count). The van der Waals surface area contributed by atoms with Crippen molar-refractivity contribution >= 4 is 34.5 Å². The van der Waals surface area contributed by atoms with Crippen LogP contribution in [0, 0.1) is 0 Å². The van der Waals surface area contributed by atoms with Crippen molar-refractivity contribution in [2.45, 2.75) is 13.3 Å². The number of hydrogen-bond acceptors (Lipinski definition) is 5. The van der Waals surface area contributed by atoms with Gasteiger partial charge in [0.2, 0.25) is 0 Å². The van der Waals surface area contributed by atoms with E-state index in [0.29, 0.717) is 0 Å². The summed E-state index contributed by atoms with van der Waals surface area (Å²) in [5.41, 5.74) is 0.918. The second-order valence-electron chi connectivity index (χ2n) is 3.19. The van der Waals surface area contributed by atoms with Gasteiger partial charge in [-0.05, 0) is 12.7 Å². The molecule has 0 spiro atoms. The minimum Gasteiger partial charge on any atom is -0.350 e. The lowest BCUT2D eigenvalue weighted by Crippen LogP contribution is -2.19. The second-order valence-corrected chi connectivity index (χ2v) is 5.19. The molecule has 0 aliphatic rings. The lowest BCUT2D eigenvalue weighted by Gasteiger charge is -2.14. The average molecular weight is 244 g/mol. The van der Waals surface area contributed by atoms with E-state index in [0.717, 1.165) is 40.7 Å². The van der Waals surface area contributed by atoms with E-state index in [1.54, 1.807) is 0 Å². The number of rotatable bonds is 6. The third-order valence-corrected chi connectivity index (χ3v) is 3.84. The van der Waals surface area contributed by atoms with Crippen LogP contribution >= 0.6 is 23.1 Å². The maximum atomic E-state index is 10.8. The zero-order chi connectivity index (χ0) is 11.3. The van der Waals surface area contributed by atoms with Crippen LogP contribution in [-0.2, 0) is 6.42 Å². The van der Waals surface area contributed by atoms with Gasteiger partial charge in [0.05, 0.1) is 10.6 Å². The zero-order valence-electron chi connectivity index (χ0n) is 9.32. The lowest BCUT2D eigenvalue weighted by atomic mass is 10.3. The Morgan fingerprint density at radius 3 is 2.80 bits per heavy atom. The molecule has 1 heterocycles. The normalized spacial score (nSPS) is 10.3. The first-order valence-electron chi connectivity index (χ1n) is 4.87. The second kappa shape index (κ2) is 6.12. The third-order valence-electron chi connectivity index (χ3n) is 2.12. The average Bonchev–Trinajstić information content (AvgIpc) is 2.68. The molecule has 0 aliphatic carbocycles. The highest BCUT2D eigenvalue weighted by atomic mass is 32.2. The minimum absolute atomic E-state index is 0.767. The summed E-state index contributed by atoms with van der Waals surface area (Å²) in [4.78, 5) is 18.1. The van der Waals surface area contributed by atoms with Crippen LogP contribution in [0.25, 0.3) is 0 Å². The van der Waals surface area contributed by atoms with Crippen molar-refractivity contribution in [2.24, 2.45) is 0 Å². The SMILES string of the molecule is CCc1nc(N(C)CCSC)sc1C=O. The van der Waals surface area contributed by atoms with Crippen LogP contribution in [0.3, 0.4) is 0 Å². The Morgan fingerprint density at radius 2 is 2.33 bits per heavy atom. The quantitative estimate of drug-likeness (QED) is 0.719. The van der Waals surface area contributed by atoms with Crippen LogP contribution in [0.2, 0.25) is 0 Å². The Bertz CT molecular complexity index is 325. The van der Waals surface area contributed by atoms with E-state index in [1.807, 2.05) is 25.7 Å². The number of anilines is 1. The molecule has 1 aromatic rings. The van der Waals surface area contributed by atoms with Crippen molar-refractivity contribution in [1.82, 2.24) is 4.98 Å². The fourth-order valence-corrected chi connectivity index (χ4v) is 2.60. The van der Waals surface area contributed by atoms with Gasteiger partial charge in [-0.15, -0.1) is 0 Å². The highest BCUT2D eigenvalue weighted by Gasteiger charge is 2.11. The van der Waals surface area contributed by atoms with Crippen LogP contribution in [0.4, 0.5) is 5.13 Å². The number of aromatic nitrogens is 1. The molecule has 84 valence electrons. The van der Waals surface area contributed by atoms with Crippen molar-refractivity contribution in [3.63, 3.8) is 0 Å². The number of thiazole rings is 1. The summed E-state index contributed by atoms with van der Waals surface area (Å²) in [6, 6.07) is 0. The van der Waals surface area contributed by atoms with E-state index in [4.69, 9.17) is 0 Å². The van der Waals surface area contributed by atoms with Crippen molar-refractivity contribution in [3.8, 4) is 0 Å². The van der Waals surface area contributed by atoms with E-state index < -0.39 is 0 Å². The Hall–Kier alpha value is -0.550. The van der Waals surface area contributed by atoms with Gasteiger partial charge in [-0.25, -0.2) is 4.98 Å². The van der Waals surface area contributed by atoms with E-state index in [2.05, 4.69) is 16.1 Å². The predicted molar refractivity (Wildman–Crippen MR) is 68.5 cm³/mol. The molecule has 0 aromatic carbocycles. The summed E-state index contributed by atoms with van der Waals surface area (Å²) in [6.45, 7) is 2.99. The fraction of sp³-hybridized carbons (Fsp3) is 0.600. The summed E-state index contributed by atoms with van der Waals surface area (Å²) in [5, 5.41) is 0.947. The van der Waals surface area contributed by atoms with Gasteiger partial charge in [-0.3, -0.25) is 4.79 Å². The van der Waals surface area contributed by atoms with E-state index in [-0.39, 0.29) is 0 Å². The molecule has 0 saturated heterocycles. The predicted octanol–water partition coefficient (Wildman–Crippen LogP) is 2.32. The molecule has 0 unspecified atom stereocenters. The Kier molecular flexibility index (Phi) is 5.11. The maximum absolute atomic E-state index is 10.8. The molecule has 0 aliphatic heterocycles. The van der Waals surface area contributed by atoms with Gasteiger partial charge in [0, 0.05) is 19.3 Å². The number of aryl methyl sites for hydroxylation is 1. The molecule has 0 atom stereocenters. The third kappa shape index (κ3) is 3.21. The number of hydrogen-bond donors (Lipinski definition) is 0. The van der Waals surface area contributed by atoms with Crippen molar-refractivity contribution in [2.75, 3.05) is 30.5 Å². The molecular weight excluding hydrogens is 228 g/mol. The monoisotopic (exact) mass is 244 g/mol. The van der Waals surface area contributed by atoms with E-state index in [9.17, 15) is 4.79 Å². The molecule has 15 heavy (non-hydrogen) atoms. The number of aldehydes is 1. The van der Waals surface area contributed by atoms with Crippen LogP contribution in [0.5, 0.6) is 0 Å². The fourth-order valence-electron chi connectivity index (χ4n) is 1.18. The highest BCUT2D eigenvalue weighted by molar-refractivity contribution is 7.98. The highest BCUT2D eigenvalue weighted by Crippen LogP contribution is 2.24. The van der Waals surface area contributed by atoms with Gasteiger partial charge in [0.15, 0.2) is 11.4 Å². The topological polar surface area (TPSA) is 33.2 Å². The van der Waals surface area contributed by atoms with Crippen LogP contribution in [-0.4, -0.2) is 36.9 Å². The van der Waals surface area contributed by atoms with E-state index >= 15 is 0 Å². The molecule has 0 saturated carbocycles. The van der Waals surface area contributed by atoms with Gasteiger partial charge in [-0.2, -0.15) is 11.8 Å². The van der Waals surface area contributed by atoms with Gasteiger partial charge < -0.3 is 4.90 Å². The van der Waals surface area contributed by atoms with E-state index in [1.165, 1.54) is 11.3 Å². The van der Waals surface area contributed by atoms with Crippen LogP contribution in [0.1, 0.15) is 22.3 Å². The summed E-state index contributed by atoms with van der Waals surface area (Å²) < 4.78 is 0. The lowest BCUT2D eigenvalue weighted by molar-refractivity contribution is 0.112. The van der Waals surface area contributed by atoms with Gasteiger partial charge >= 0.3 is 0 Å². The Labute approximate surface area is 98.9 Å². The van der Waals surface area contributed by atoms with Gasteiger partial charge in [0.25, 0.3) is 0 Å². The number of thioether (sulfide) groups is 1. The minimum atomic E-state index is 0.767. The first-order valence-corrected chi connectivity index (χ1v) is 7.08. The van der Waals surface area contributed by atoms with Crippen LogP contribution in [0.15, 0.2) is 0 Å².